The highest BCUT2D eigenvalue weighted by molar-refractivity contribution is 5.92. The molecule has 6 heteroatoms. The Bertz CT molecular complexity index is 470. The third kappa shape index (κ3) is 3.72. The number of piperidine rings is 1. The van der Waals surface area contributed by atoms with Crippen molar-refractivity contribution in [3.63, 3.8) is 0 Å². The molecule has 0 radical (unpaired) electrons. The van der Waals surface area contributed by atoms with E-state index in [9.17, 15) is 18.0 Å². The number of hydrogen-bond acceptors (Lipinski definition) is 2. The second-order valence-corrected chi connectivity index (χ2v) is 5.14. The van der Waals surface area contributed by atoms with E-state index in [2.05, 4.69) is 10.6 Å². The van der Waals surface area contributed by atoms with Crippen molar-refractivity contribution < 1.29 is 18.0 Å². The van der Waals surface area contributed by atoms with Crippen molar-refractivity contribution >= 4 is 11.6 Å². The van der Waals surface area contributed by atoms with Gasteiger partial charge in [-0.05, 0) is 50.6 Å². The molecular weight excluding hydrogens is 269 g/mol. The quantitative estimate of drug-likeness (QED) is 0.877. The Kier molecular flexibility index (Phi) is 4.32. The Balaban J connectivity index is 1.97. The summed E-state index contributed by atoms with van der Waals surface area (Å²) in [6.45, 7) is 2.80. The smallest absolute Gasteiger partial charge is 0.326 e. The van der Waals surface area contributed by atoms with Crippen molar-refractivity contribution in [2.45, 2.75) is 32.0 Å². The molecule has 3 nitrogen and oxygen atoms in total. The van der Waals surface area contributed by atoms with E-state index in [1.54, 1.807) is 0 Å². The highest BCUT2D eigenvalue weighted by Gasteiger charge is 2.30. The predicted octanol–water partition coefficient (Wildman–Crippen LogP) is 3.03. The Morgan fingerprint density at radius 2 is 1.95 bits per heavy atom. The van der Waals surface area contributed by atoms with Crippen LogP contribution in [0, 0.1) is 5.92 Å². The molecule has 2 rings (SSSR count). The first-order valence-corrected chi connectivity index (χ1v) is 6.58. The maximum atomic E-state index is 12.4. The number of alkyl halides is 3. The molecular formula is C14H17F3N2O. The molecule has 1 amide bonds. The molecule has 1 aromatic rings. The standard InChI is InChI=1S/C14H17F3N2O/c1-9-8-10(6-7-18-9)13(20)19-12-4-2-11(3-5-12)14(15,16)17/h2-5,9-10,18H,6-8H2,1H3,(H,19,20). The lowest BCUT2D eigenvalue weighted by Crippen LogP contribution is -2.40. The number of amides is 1. The molecule has 1 heterocycles. The number of nitrogens with one attached hydrogen (secondary N) is 2. The minimum absolute atomic E-state index is 0.0893. The summed E-state index contributed by atoms with van der Waals surface area (Å²) in [6, 6.07) is 4.80. The van der Waals surface area contributed by atoms with Gasteiger partial charge in [0.15, 0.2) is 0 Å². The third-order valence-electron chi connectivity index (χ3n) is 3.47. The topological polar surface area (TPSA) is 41.1 Å². The van der Waals surface area contributed by atoms with Gasteiger partial charge in [-0.3, -0.25) is 4.79 Å². The molecule has 1 aromatic carbocycles. The highest BCUT2D eigenvalue weighted by atomic mass is 19.4. The van der Waals surface area contributed by atoms with E-state index in [0.717, 1.165) is 31.5 Å². The fraction of sp³-hybridized carbons (Fsp3) is 0.500. The van der Waals surface area contributed by atoms with Gasteiger partial charge in [-0.1, -0.05) is 0 Å². The van der Waals surface area contributed by atoms with Gasteiger partial charge in [0.25, 0.3) is 0 Å². The Labute approximate surface area is 115 Å². The number of hydrogen-bond donors (Lipinski definition) is 2. The van der Waals surface area contributed by atoms with Crippen LogP contribution in [0.15, 0.2) is 24.3 Å². The minimum Gasteiger partial charge on any atom is -0.326 e. The Morgan fingerprint density at radius 3 is 2.50 bits per heavy atom. The van der Waals surface area contributed by atoms with Crippen LogP contribution in [0.1, 0.15) is 25.3 Å². The maximum Gasteiger partial charge on any atom is 0.416 e. The number of rotatable bonds is 2. The monoisotopic (exact) mass is 286 g/mol. The van der Waals surface area contributed by atoms with E-state index in [1.807, 2.05) is 6.92 Å². The van der Waals surface area contributed by atoms with Crippen LogP contribution in [0.5, 0.6) is 0 Å². The summed E-state index contributed by atoms with van der Waals surface area (Å²) in [7, 11) is 0. The molecule has 2 atom stereocenters. The van der Waals surface area contributed by atoms with Crippen molar-refractivity contribution in [3.05, 3.63) is 29.8 Å². The van der Waals surface area contributed by atoms with Crippen LogP contribution >= 0.6 is 0 Å². The molecule has 110 valence electrons. The van der Waals surface area contributed by atoms with Crippen LogP contribution in [-0.2, 0) is 11.0 Å². The minimum atomic E-state index is -4.35. The van der Waals surface area contributed by atoms with E-state index in [-0.39, 0.29) is 17.9 Å². The molecule has 1 saturated heterocycles. The lowest BCUT2D eigenvalue weighted by molar-refractivity contribution is -0.137. The first kappa shape index (κ1) is 14.8. The summed E-state index contributed by atoms with van der Waals surface area (Å²) in [5.41, 5.74) is -0.319. The van der Waals surface area contributed by atoms with Gasteiger partial charge >= 0.3 is 6.18 Å². The Morgan fingerprint density at radius 1 is 1.30 bits per heavy atom. The molecule has 2 N–H and O–H groups in total. The molecule has 1 aliphatic rings. The zero-order valence-corrected chi connectivity index (χ0v) is 11.1. The van der Waals surface area contributed by atoms with Crippen LogP contribution in [0.3, 0.4) is 0 Å². The predicted molar refractivity (Wildman–Crippen MR) is 70.3 cm³/mol. The summed E-state index contributed by atoms with van der Waals surface area (Å²) >= 11 is 0. The van der Waals surface area contributed by atoms with Crippen LogP contribution in [0.4, 0.5) is 18.9 Å². The Hall–Kier alpha value is -1.56. The number of anilines is 1. The summed E-state index contributed by atoms with van der Waals surface area (Å²) in [6.07, 6.45) is -2.86. The second-order valence-electron chi connectivity index (χ2n) is 5.14. The zero-order valence-electron chi connectivity index (χ0n) is 11.1. The van der Waals surface area contributed by atoms with Gasteiger partial charge in [-0.15, -0.1) is 0 Å². The first-order chi connectivity index (χ1) is 9.36. The van der Waals surface area contributed by atoms with Crippen molar-refractivity contribution in [2.75, 3.05) is 11.9 Å². The van der Waals surface area contributed by atoms with E-state index >= 15 is 0 Å². The van der Waals surface area contributed by atoms with Gasteiger partial charge in [0, 0.05) is 17.6 Å². The van der Waals surface area contributed by atoms with Crippen LogP contribution in [0.25, 0.3) is 0 Å². The average Bonchev–Trinajstić information content (AvgIpc) is 2.38. The normalized spacial score (nSPS) is 23.4. The summed E-state index contributed by atoms with van der Waals surface area (Å²) in [5.74, 6) is -0.216. The van der Waals surface area contributed by atoms with Gasteiger partial charge in [-0.25, -0.2) is 0 Å². The summed E-state index contributed by atoms with van der Waals surface area (Å²) < 4.78 is 37.3. The van der Waals surface area contributed by atoms with Gasteiger partial charge in [-0.2, -0.15) is 13.2 Å². The first-order valence-electron chi connectivity index (χ1n) is 6.58. The maximum absolute atomic E-state index is 12.4. The van der Waals surface area contributed by atoms with E-state index < -0.39 is 11.7 Å². The SMILES string of the molecule is CC1CC(C(=O)Nc2ccc(C(F)(F)F)cc2)CCN1. The van der Waals surface area contributed by atoms with E-state index in [4.69, 9.17) is 0 Å². The number of carbonyl (C=O) groups is 1. The average molecular weight is 286 g/mol. The summed E-state index contributed by atoms with van der Waals surface area (Å²) in [4.78, 5) is 12.0. The lowest BCUT2D eigenvalue weighted by atomic mass is 9.92. The molecule has 1 fully saturated rings. The molecule has 2 unspecified atom stereocenters. The second kappa shape index (κ2) is 5.83. The number of carbonyl (C=O) groups excluding carboxylic acids is 1. The van der Waals surface area contributed by atoms with Crippen LogP contribution in [-0.4, -0.2) is 18.5 Å². The number of halogens is 3. The lowest BCUT2D eigenvalue weighted by Gasteiger charge is -2.27. The van der Waals surface area contributed by atoms with E-state index in [0.29, 0.717) is 5.69 Å². The van der Waals surface area contributed by atoms with Crippen molar-refractivity contribution in [3.8, 4) is 0 Å². The third-order valence-corrected chi connectivity index (χ3v) is 3.47. The molecule has 1 aliphatic heterocycles. The molecule has 0 bridgehead atoms. The molecule has 0 saturated carbocycles. The molecule has 20 heavy (non-hydrogen) atoms. The van der Waals surface area contributed by atoms with E-state index in [1.165, 1.54) is 12.1 Å². The fourth-order valence-corrected chi connectivity index (χ4v) is 2.36. The van der Waals surface area contributed by atoms with Gasteiger partial charge in [0.1, 0.15) is 0 Å². The number of benzene rings is 1. The van der Waals surface area contributed by atoms with Crippen LogP contribution in [0.2, 0.25) is 0 Å². The van der Waals surface area contributed by atoms with Gasteiger partial charge in [0.2, 0.25) is 5.91 Å². The highest BCUT2D eigenvalue weighted by Crippen LogP contribution is 2.30. The van der Waals surface area contributed by atoms with Gasteiger partial charge < -0.3 is 10.6 Å². The molecule has 0 aromatic heterocycles. The molecule has 0 spiro atoms. The van der Waals surface area contributed by atoms with Crippen molar-refractivity contribution in [1.29, 1.82) is 0 Å². The van der Waals surface area contributed by atoms with Crippen molar-refractivity contribution in [2.24, 2.45) is 5.92 Å². The largest absolute Gasteiger partial charge is 0.416 e. The summed E-state index contributed by atoms with van der Waals surface area (Å²) in [5, 5.41) is 5.93. The van der Waals surface area contributed by atoms with Crippen LogP contribution < -0.4 is 10.6 Å². The molecule has 0 aliphatic carbocycles. The van der Waals surface area contributed by atoms with Gasteiger partial charge in [0.05, 0.1) is 5.56 Å². The van der Waals surface area contributed by atoms with Crippen molar-refractivity contribution in [1.82, 2.24) is 5.32 Å². The fourth-order valence-electron chi connectivity index (χ4n) is 2.36. The zero-order chi connectivity index (χ0) is 14.8.